The van der Waals surface area contributed by atoms with Crippen molar-refractivity contribution in [1.82, 2.24) is 19.7 Å². The number of pyridine rings is 1. The van der Waals surface area contributed by atoms with Crippen LogP contribution in [0, 0.1) is 0 Å². The van der Waals surface area contributed by atoms with Gasteiger partial charge in [0, 0.05) is 24.0 Å². The molecule has 1 fully saturated rings. The summed E-state index contributed by atoms with van der Waals surface area (Å²) < 4.78 is 2.01. The summed E-state index contributed by atoms with van der Waals surface area (Å²) in [6.45, 7) is 2.14. The van der Waals surface area contributed by atoms with E-state index in [0.29, 0.717) is 11.1 Å². The second-order valence-corrected chi connectivity index (χ2v) is 5.53. The largest absolute Gasteiger partial charge is 0.302 e. The van der Waals surface area contributed by atoms with Crippen molar-refractivity contribution in [3.05, 3.63) is 35.7 Å². The minimum atomic E-state index is 0.603. The highest BCUT2D eigenvalue weighted by molar-refractivity contribution is 6.30. The van der Waals surface area contributed by atoms with Gasteiger partial charge in [-0.15, -0.1) is 0 Å². The number of halogens is 1. The molecule has 0 aromatic carbocycles. The van der Waals surface area contributed by atoms with E-state index in [1.54, 1.807) is 6.20 Å². The molecular formula is C14H17ClN4. The Kier molecular flexibility index (Phi) is 3.53. The molecule has 0 aliphatic carbocycles. The molecule has 2 aromatic rings. The van der Waals surface area contributed by atoms with Crippen LogP contribution in [-0.4, -0.2) is 39.3 Å². The van der Waals surface area contributed by atoms with Gasteiger partial charge >= 0.3 is 0 Å². The van der Waals surface area contributed by atoms with Gasteiger partial charge in [-0.1, -0.05) is 11.6 Å². The molecule has 0 bridgehead atoms. The van der Waals surface area contributed by atoms with Crippen molar-refractivity contribution in [2.24, 2.45) is 0 Å². The molecule has 2 aromatic heterocycles. The van der Waals surface area contributed by atoms with Gasteiger partial charge in [-0.2, -0.15) is 5.10 Å². The summed E-state index contributed by atoms with van der Waals surface area (Å²) in [4.78, 5) is 6.72. The fourth-order valence-electron chi connectivity index (χ4n) is 2.57. The molecular weight excluding hydrogens is 260 g/mol. The van der Waals surface area contributed by atoms with Gasteiger partial charge < -0.3 is 4.90 Å². The Morgan fingerprint density at radius 2 is 2.26 bits per heavy atom. The van der Waals surface area contributed by atoms with Crippen LogP contribution in [0.25, 0.3) is 11.3 Å². The number of likely N-dealkylation sites (N-methyl/N-ethyl adjacent to an activating group) is 1. The molecule has 3 heterocycles. The van der Waals surface area contributed by atoms with Gasteiger partial charge in [-0.3, -0.25) is 9.67 Å². The first-order chi connectivity index (χ1) is 9.22. The monoisotopic (exact) mass is 276 g/mol. The summed E-state index contributed by atoms with van der Waals surface area (Å²) in [5.74, 6) is 0. The van der Waals surface area contributed by atoms with Gasteiger partial charge in [0.25, 0.3) is 0 Å². The zero-order valence-electron chi connectivity index (χ0n) is 11.0. The molecule has 1 atom stereocenters. The zero-order chi connectivity index (χ0) is 13.2. The summed E-state index contributed by atoms with van der Waals surface area (Å²) in [6.07, 6.45) is 8.13. The number of hydrogen-bond acceptors (Lipinski definition) is 3. The maximum atomic E-state index is 5.84. The fourth-order valence-corrected chi connectivity index (χ4v) is 2.68. The third-order valence-corrected chi connectivity index (χ3v) is 3.95. The topological polar surface area (TPSA) is 34.0 Å². The van der Waals surface area contributed by atoms with Crippen molar-refractivity contribution >= 4 is 11.6 Å². The molecule has 1 saturated heterocycles. The van der Waals surface area contributed by atoms with Crippen molar-refractivity contribution < 1.29 is 0 Å². The molecule has 100 valence electrons. The Hall–Kier alpha value is -1.39. The first-order valence-corrected chi connectivity index (χ1v) is 6.95. The standard InChI is InChI=1S/C14H17ClN4/c1-18-6-2-3-13(18)10-19-9-11(7-17-19)14-5-4-12(15)8-16-14/h4-5,7-9,13H,2-3,6,10H2,1H3/t13-/m0/s1. The molecule has 0 saturated carbocycles. The van der Waals surface area contributed by atoms with Crippen molar-refractivity contribution in [2.45, 2.75) is 25.4 Å². The lowest BCUT2D eigenvalue weighted by Gasteiger charge is -2.18. The number of nitrogens with zero attached hydrogens (tertiary/aromatic N) is 4. The van der Waals surface area contributed by atoms with Crippen LogP contribution in [-0.2, 0) is 6.54 Å². The van der Waals surface area contributed by atoms with Crippen LogP contribution in [0.5, 0.6) is 0 Å². The fraction of sp³-hybridized carbons (Fsp3) is 0.429. The lowest BCUT2D eigenvalue weighted by Crippen LogP contribution is -2.29. The van der Waals surface area contributed by atoms with Crippen molar-refractivity contribution in [1.29, 1.82) is 0 Å². The average molecular weight is 277 g/mol. The number of aromatic nitrogens is 3. The Balaban J connectivity index is 1.74. The van der Waals surface area contributed by atoms with Crippen LogP contribution in [0.2, 0.25) is 5.02 Å². The van der Waals surface area contributed by atoms with E-state index in [4.69, 9.17) is 11.6 Å². The van der Waals surface area contributed by atoms with Crippen LogP contribution in [0.3, 0.4) is 0 Å². The van der Waals surface area contributed by atoms with E-state index in [1.807, 2.05) is 23.0 Å². The van der Waals surface area contributed by atoms with Crippen LogP contribution in [0.1, 0.15) is 12.8 Å². The number of hydrogen-bond donors (Lipinski definition) is 0. The highest BCUT2D eigenvalue weighted by Crippen LogP contribution is 2.20. The molecule has 1 aliphatic heterocycles. The lowest BCUT2D eigenvalue weighted by atomic mass is 10.2. The Labute approximate surface area is 118 Å². The summed E-state index contributed by atoms with van der Waals surface area (Å²) in [5.41, 5.74) is 1.95. The van der Waals surface area contributed by atoms with E-state index >= 15 is 0 Å². The molecule has 0 N–H and O–H groups in total. The molecule has 1 aliphatic rings. The predicted octanol–water partition coefficient (Wildman–Crippen LogP) is 2.69. The Morgan fingerprint density at radius 3 is 2.95 bits per heavy atom. The van der Waals surface area contributed by atoms with Crippen molar-refractivity contribution in [2.75, 3.05) is 13.6 Å². The third kappa shape index (κ3) is 2.80. The number of rotatable bonds is 3. The van der Waals surface area contributed by atoms with E-state index in [-0.39, 0.29) is 0 Å². The second kappa shape index (κ2) is 5.31. The maximum Gasteiger partial charge on any atom is 0.0734 e. The molecule has 4 nitrogen and oxygen atoms in total. The quantitative estimate of drug-likeness (QED) is 0.864. The van der Waals surface area contributed by atoms with Crippen LogP contribution in [0.15, 0.2) is 30.7 Å². The third-order valence-electron chi connectivity index (χ3n) is 3.73. The van der Waals surface area contributed by atoms with E-state index in [1.165, 1.54) is 19.4 Å². The summed E-state index contributed by atoms with van der Waals surface area (Å²) in [7, 11) is 2.18. The minimum Gasteiger partial charge on any atom is -0.302 e. The van der Waals surface area contributed by atoms with Gasteiger partial charge in [0.1, 0.15) is 0 Å². The van der Waals surface area contributed by atoms with E-state index < -0.39 is 0 Å². The Morgan fingerprint density at radius 1 is 1.37 bits per heavy atom. The SMILES string of the molecule is CN1CCC[C@H]1Cn1cc(-c2ccc(Cl)cn2)cn1. The normalized spacial score (nSPS) is 20.0. The highest BCUT2D eigenvalue weighted by Gasteiger charge is 2.21. The molecule has 0 spiro atoms. The van der Waals surface area contributed by atoms with E-state index in [9.17, 15) is 0 Å². The van der Waals surface area contributed by atoms with E-state index in [2.05, 4.69) is 28.2 Å². The molecule has 0 unspecified atom stereocenters. The molecule has 5 heteroatoms. The molecule has 0 amide bonds. The summed E-state index contributed by atoms with van der Waals surface area (Å²) in [6, 6.07) is 4.38. The van der Waals surface area contributed by atoms with Crippen molar-refractivity contribution in [3.8, 4) is 11.3 Å². The van der Waals surface area contributed by atoms with Gasteiger partial charge in [0.2, 0.25) is 0 Å². The van der Waals surface area contributed by atoms with Crippen LogP contribution >= 0.6 is 11.6 Å². The first kappa shape index (κ1) is 12.6. The maximum absolute atomic E-state index is 5.84. The van der Waals surface area contributed by atoms with Gasteiger partial charge in [0.15, 0.2) is 0 Å². The van der Waals surface area contributed by atoms with Gasteiger partial charge in [-0.25, -0.2) is 0 Å². The number of likely N-dealkylation sites (tertiary alicyclic amines) is 1. The van der Waals surface area contributed by atoms with Crippen LogP contribution in [0.4, 0.5) is 0 Å². The van der Waals surface area contributed by atoms with Crippen molar-refractivity contribution in [3.63, 3.8) is 0 Å². The summed E-state index contributed by atoms with van der Waals surface area (Å²) in [5, 5.41) is 5.09. The first-order valence-electron chi connectivity index (χ1n) is 6.57. The average Bonchev–Trinajstić information content (AvgIpc) is 3.01. The predicted molar refractivity (Wildman–Crippen MR) is 76.1 cm³/mol. The van der Waals surface area contributed by atoms with Gasteiger partial charge in [0.05, 0.1) is 23.5 Å². The lowest BCUT2D eigenvalue weighted by molar-refractivity contribution is 0.274. The highest BCUT2D eigenvalue weighted by atomic mass is 35.5. The molecule has 19 heavy (non-hydrogen) atoms. The molecule has 0 radical (unpaired) electrons. The second-order valence-electron chi connectivity index (χ2n) is 5.09. The van der Waals surface area contributed by atoms with E-state index in [0.717, 1.165) is 17.8 Å². The zero-order valence-corrected chi connectivity index (χ0v) is 11.7. The smallest absolute Gasteiger partial charge is 0.0734 e. The van der Waals surface area contributed by atoms with Crippen LogP contribution < -0.4 is 0 Å². The Bertz CT molecular complexity index is 549. The molecule has 3 rings (SSSR count). The van der Waals surface area contributed by atoms with Gasteiger partial charge in [-0.05, 0) is 38.6 Å². The minimum absolute atomic E-state index is 0.603. The summed E-state index contributed by atoms with van der Waals surface area (Å²) >= 11 is 5.84.